The molecule has 0 radical (unpaired) electrons. The molecule has 0 aliphatic carbocycles. The molecule has 74 valence electrons. The van der Waals surface area contributed by atoms with Crippen LogP contribution in [0.25, 0.3) is 6.08 Å². The van der Waals surface area contributed by atoms with Gasteiger partial charge in [-0.15, -0.1) is 0 Å². The Labute approximate surface area is 92.9 Å². The molecule has 0 nitrogen and oxygen atoms in total. The van der Waals surface area contributed by atoms with Gasteiger partial charge >= 0.3 is 92.7 Å². The first-order valence-corrected chi connectivity index (χ1v) is 6.93. The van der Waals surface area contributed by atoms with Crippen LogP contribution < -0.4 is 0 Å². The van der Waals surface area contributed by atoms with Gasteiger partial charge in [-0.25, -0.2) is 0 Å². The minimum atomic E-state index is 0.629. The summed E-state index contributed by atoms with van der Waals surface area (Å²) in [4.78, 5) is 0. The van der Waals surface area contributed by atoms with Gasteiger partial charge in [0.2, 0.25) is 0 Å². The predicted molar refractivity (Wildman–Crippen MR) is 65.5 cm³/mol. The van der Waals surface area contributed by atoms with Crippen molar-refractivity contribution in [1.82, 2.24) is 0 Å². The third-order valence-corrected chi connectivity index (χ3v) is 3.78. The number of benzene rings is 1. The molecule has 0 fully saturated rings. The van der Waals surface area contributed by atoms with Crippen molar-refractivity contribution in [2.45, 2.75) is 18.7 Å². The summed E-state index contributed by atoms with van der Waals surface area (Å²) < 4.78 is 1.53. The number of rotatable bonds is 5. The van der Waals surface area contributed by atoms with Crippen molar-refractivity contribution in [1.29, 1.82) is 0 Å². The van der Waals surface area contributed by atoms with E-state index in [2.05, 4.69) is 49.9 Å². The van der Waals surface area contributed by atoms with Crippen molar-refractivity contribution < 1.29 is 0 Å². The number of allylic oxidation sites excluding steroid dienone is 2. The summed E-state index contributed by atoms with van der Waals surface area (Å²) in [6.07, 6.45) is 5.32. The van der Waals surface area contributed by atoms with Crippen LogP contribution in [0, 0.1) is 0 Å². The van der Waals surface area contributed by atoms with Crippen LogP contribution in [-0.4, -0.2) is 15.0 Å². The van der Waals surface area contributed by atoms with Crippen molar-refractivity contribution in [2.24, 2.45) is 0 Å². The van der Waals surface area contributed by atoms with Gasteiger partial charge in [0.25, 0.3) is 0 Å². The monoisotopic (exact) mass is 252 g/mol. The van der Waals surface area contributed by atoms with Crippen LogP contribution in [0.3, 0.4) is 0 Å². The second-order valence-electron chi connectivity index (χ2n) is 2.95. The third-order valence-electron chi connectivity index (χ3n) is 1.80. The molecule has 0 atom stereocenters. The van der Waals surface area contributed by atoms with E-state index in [1.165, 1.54) is 15.4 Å². The summed E-state index contributed by atoms with van der Waals surface area (Å²) in [6.45, 7) is 6.03. The molecule has 1 aromatic carbocycles. The molecule has 14 heavy (non-hydrogen) atoms. The fourth-order valence-electron chi connectivity index (χ4n) is 1.22. The van der Waals surface area contributed by atoms with Crippen molar-refractivity contribution in [3.05, 3.63) is 53.0 Å². The zero-order valence-electron chi connectivity index (χ0n) is 8.57. The average Bonchev–Trinajstić information content (AvgIpc) is 2.20. The predicted octanol–water partition coefficient (Wildman–Crippen LogP) is 3.75. The van der Waals surface area contributed by atoms with Crippen molar-refractivity contribution >= 4 is 21.0 Å². The molecular formula is C13H16Se. The van der Waals surface area contributed by atoms with Crippen LogP contribution in [0.4, 0.5) is 0 Å². The summed E-state index contributed by atoms with van der Waals surface area (Å²) in [7, 11) is 0. The van der Waals surface area contributed by atoms with E-state index in [0.717, 1.165) is 6.42 Å². The van der Waals surface area contributed by atoms with Crippen LogP contribution >= 0.6 is 0 Å². The first kappa shape index (κ1) is 11.3. The second-order valence-corrected chi connectivity index (χ2v) is 5.86. The van der Waals surface area contributed by atoms with Gasteiger partial charge in [0.15, 0.2) is 0 Å². The second kappa shape index (κ2) is 6.64. The first-order valence-electron chi connectivity index (χ1n) is 4.86. The molecule has 0 unspecified atom stereocenters. The van der Waals surface area contributed by atoms with Crippen LogP contribution in [0.2, 0.25) is 5.32 Å². The van der Waals surface area contributed by atoms with Crippen LogP contribution in [0.1, 0.15) is 18.9 Å². The van der Waals surface area contributed by atoms with E-state index in [1.54, 1.807) is 0 Å². The summed E-state index contributed by atoms with van der Waals surface area (Å²) in [5.74, 6) is 0. The maximum atomic E-state index is 3.79. The van der Waals surface area contributed by atoms with Gasteiger partial charge in [-0.2, -0.15) is 0 Å². The Hall–Kier alpha value is -0.781. The Kier molecular flexibility index (Phi) is 5.36. The molecule has 1 rings (SSSR count). The zero-order valence-corrected chi connectivity index (χ0v) is 10.3. The molecule has 0 saturated carbocycles. The standard InChI is InChI=1S/C13H16Se/c1-3-8-13(14-4-2)11-12-9-6-5-7-10-12/h3,5-7,9-11H,1,4,8H2,2H3/b13-11-. The van der Waals surface area contributed by atoms with E-state index >= 15 is 0 Å². The van der Waals surface area contributed by atoms with Gasteiger partial charge in [0, 0.05) is 0 Å². The van der Waals surface area contributed by atoms with E-state index in [0.29, 0.717) is 15.0 Å². The van der Waals surface area contributed by atoms with Gasteiger partial charge < -0.3 is 0 Å². The molecule has 0 aliphatic heterocycles. The summed E-state index contributed by atoms with van der Waals surface area (Å²) in [5, 5.41) is 1.26. The Morgan fingerprint density at radius 3 is 2.64 bits per heavy atom. The van der Waals surface area contributed by atoms with Crippen LogP contribution in [0.5, 0.6) is 0 Å². The topological polar surface area (TPSA) is 0 Å². The minimum absolute atomic E-state index is 0.629. The molecule has 0 aliphatic rings. The van der Waals surface area contributed by atoms with Gasteiger partial charge in [0.05, 0.1) is 0 Å². The van der Waals surface area contributed by atoms with E-state index in [9.17, 15) is 0 Å². The SMILES string of the molecule is C=CC/C(=C/c1ccccc1)[Se]CC. The molecule has 1 aromatic rings. The molecule has 0 saturated heterocycles. The van der Waals surface area contributed by atoms with Crippen molar-refractivity contribution in [3.63, 3.8) is 0 Å². The van der Waals surface area contributed by atoms with E-state index in [-0.39, 0.29) is 0 Å². The van der Waals surface area contributed by atoms with Gasteiger partial charge in [0.1, 0.15) is 0 Å². The summed E-state index contributed by atoms with van der Waals surface area (Å²) in [5.41, 5.74) is 1.31. The van der Waals surface area contributed by atoms with Crippen LogP contribution in [-0.2, 0) is 0 Å². The summed E-state index contributed by atoms with van der Waals surface area (Å²) in [6, 6.07) is 10.5. The van der Waals surface area contributed by atoms with E-state index in [1.807, 2.05) is 6.08 Å². The molecule has 0 heterocycles. The van der Waals surface area contributed by atoms with Crippen molar-refractivity contribution in [3.8, 4) is 0 Å². The average molecular weight is 251 g/mol. The van der Waals surface area contributed by atoms with Gasteiger partial charge in [-0.1, -0.05) is 0 Å². The molecule has 0 N–H and O–H groups in total. The maximum absolute atomic E-state index is 3.79. The third kappa shape index (κ3) is 3.95. The molecule has 0 spiro atoms. The molecular weight excluding hydrogens is 235 g/mol. The fraction of sp³-hybridized carbons (Fsp3) is 0.231. The van der Waals surface area contributed by atoms with E-state index < -0.39 is 0 Å². The molecule has 0 amide bonds. The zero-order chi connectivity index (χ0) is 10.2. The molecule has 1 heteroatoms. The number of hydrogen-bond donors (Lipinski definition) is 0. The first-order chi connectivity index (χ1) is 6.86. The van der Waals surface area contributed by atoms with E-state index in [4.69, 9.17) is 0 Å². The Morgan fingerprint density at radius 2 is 2.07 bits per heavy atom. The van der Waals surface area contributed by atoms with Crippen molar-refractivity contribution in [2.75, 3.05) is 0 Å². The van der Waals surface area contributed by atoms with Crippen LogP contribution in [0.15, 0.2) is 47.5 Å². The summed E-state index contributed by atoms with van der Waals surface area (Å²) >= 11 is 0.629. The Morgan fingerprint density at radius 1 is 1.36 bits per heavy atom. The van der Waals surface area contributed by atoms with Gasteiger partial charge in [-0.3, -0.25) is 0 Å². The Bertz CT molecular complexity index is 298. The quantitative estimate of drug-likeness (QED) is 0.552. The molecule has 0 aromatic heterocycles. The molecule has 0 bridgehead atoms. The number of hydrogen-bond acceptors (Lipinski definition) is 0. The normalized spacial score (nSPS) is 11.4. The fourth-order valence-corrected chi connectivity index (χ4v) is 2.96. The Balaban J connectivity index is 2.76. The van der Waals surface area contributed by atoms with Gasteiger partial charge in [-0.05, 0) is 0 Å².